The Hall–Kier alpha value is -1.31. The van der Waals surface area contributed by atoms with Crippen LogP contribution in [0.5, 0.6) is 11.5 Å². The molecule has 0 spiro atoms. The molecule has 0 aromatic heterocycles. The Bertz CT molecular complexity index is 558. The van der Waals surface area contributed by atoms with E-state index < -0.39 is 16.1 Å². The van der Waals surface area contributed by atoms with E-state index in [9.17, 15) is 13.5 Å². The number of aliphatic hydroxyl groups excluding tert-OH is 1. The molecule has 1 aromatic carbocycles. The van der Waals surface area contributed by atoms with E-state index in [0.717, 1.165) is 0 Å². The second-order valence-electron chi connectivity index (χ2n) is 4.55. The Labute approximate surface area is 118 Å². The SMILES string of the molecule is CCC(O)CCNS(=O)(=O)c1ccc2c(c1)OCCO2. The summed E-state index contributed by atoms with van der Waals surface area (Å²) < 4.78 is 37.4. The molecule has 1 unspecified atom stereocenters. The predicted octanol–water partition coefficient (Wildman–Crippen LogP) is 0.897. The van der Waals surface area contributed by atoms with Gasteiger partial charge in [0.2, 0.25) is 10.0 Å². The summed E-state index contributed by atoms with van der Waals surface area (Å²) in [5.74, 6) is 0.990. The highest BCUT2D eigenvalue weighted by Crippen LogP contribution is 2.32. The summed E-state index contributed by atoms with van der Waals surface area (Å²) >= 11 is 0. The molecule has 2 N–H and O–H groups in total. The van der Waals surface area contributed by atoms with E-state index >= 15 is 0 Å². The molecule has 7 heteroatoms. The fourth-order valence-corrected chi connectivity index (χ4v) is 2.90. The summed E-state index contributed by atoms with van der Waals surface area (Å²) in [6.07, 6.45) is 0.504. The largest absolute Gasteiger partial charge is 0.486 e. The molecule has 1 aliphatic heterocycles. The molecular formula is C13H19NO5S. The van der Waals surface area contributed by atoms with Crippen LogP contribution in [0.4, 0.5) is 0 Å². The summed E-state index contributed by atoms with van der Waals surface area (Å²) in [5, 5.41) is 9.41. The number of nitrogens with one attached hydrogen (secondary N) is 1. The first-order valence-electron chi connectivity index (χ1n) is 6.60. The van der Waals surface area contributed by atoms with E-state index in [2.05, 4.69) is 4.72 Å². The summed E-state index contributed by atoms with van der Waals surface area (Å²) in [4.78, 5) is 0.132. The number of rotatable bonds is 6. The van der Waals surface area contributed by atoms with Crippen molar-refractivity contribution in [1.29, 1.82) is 0 Å². The van der Waals surface area contributed by atoms with E-state index in [1.807, 2.05) is 6.92 Å². The normalized spacial score (nSPS) is 15.9. The summed E-state index contributed by atoms with van der Waals surface area (Å²) in [7, 11) is -3.59. The zero-order valence-electron chi connectivity index (χ0n) is 11.3. The highest BCUT2D eigenvalue weighted by Gasteiger charge is 2.19. The number of fused-ring (bicyclic) bond motifs is 1. The van der Waals surface area contributed by atoms with Crippen LogP contribution in [0.15, 0.2) is 23.1 Å². The zero-order valence-corrected chi connectivity index (χ0v) is 12.1. The first-order valence-corrected chi connectivity index (χ1v) is 8.08. The maximum Gasteiger partial charge on any atom is 0.240 e. The van der Waals surface area contributed by atoms with Gasteiger partial charge >= 0.3 is 0 Å². The molecular weight excluding hydrogens is 282 g/mol. The van der Waals surface area contributed by atoms with Gasteiger partial charge in [-0.05, 0) is 25.0 Å². The molecule has 1 aliphatic rings. The van der Waals surface area contributed by atoms with Crippen molar-refractivity contribution in [3.05, 3.63) is 18.2 Å². The minimum Gasteiger partial charge on any atom is -0.486 e. The molecule has 6 nitrogen and oxygen atoms in total. The van der Waals surface area contributed by atoms with Gasteiger partial charge in [0.15, 0.2) is 11.5 Å². The van der Waals surface area contributed by atoms with Crippen molar-refractivity contribution < 1.29 is 23.0 Å². The highest BCUT2D eigenvalue weighted by atomic mass is 32.2. The maximum atomic E-state index is 12.1. The molecule has 0 amide bonds. The first kappa shape index (κ1) is 15.1. The molecule has 20 heavy (non-hydrogen) atoms. The lowest BCUT2D eigenvalue weighted by Gasteiger charge is -2.19. The van der Waals surface area contributed by atoms with E-state index in [4.69, 9.17) is 9.47 Å². The maximum absolute atomic E-state index is 12.1. The lowest BCUT2D eigenvalue weighted by molar-refractivity contribution is 0.162. The number of hydrogen-bond donors (Lipinski definition) is 2. The van der Waals surface area contributed by atoms with Gasteiger partial charge in [-0.3, -0.25) is 0 Å². The second-order valence-corrected chi connectivity index (χ2v) is 6.32. The van der Waals surface area contributed by atoms with Crippen LogP contribution in [0.2, 0.25) is 0 Å². The standard InChI is InChI=1S/C13H19NO5S/c1-2-10(15)5-6-14-20(16,17)11-3-4-12-13(9-11)19-8-7-18-12/h3-4,9-10,14-15H,2,5-8H2,1H3. The van der Waals surface area contributed by atoms with Crippen LogP contribution in [0.25, 0.3) is 0 Å². The minimum absolute atomic E-state index is 0.132. The van der Waals surface area contributed by atoms with Gasteiger partial charge in [-0.2, -0.15) is 0 Å². The number of sulfonamides is 1. The van der Waals surface area contributed by atoms with Gasteiger partial charge in [0.25, 0.3) is 0 Å². The van der Waals surface area contributed by atoms with Crippen LogP contribution in [-0.2, 0) is 10.0 Å². The highest BCUT2D eigenvalue weighted by molar-refractivity contribution is 7.89. The van der Waals surface area contributed by atoms with Gasteiger partial charge in [-0.25, -0.2) is 13.1 Å². The van der Waals surface area contributed by atoms with Crippen molar-refractivity contribution in [1.82, 2.24) is 4.72 Å². The first-order chi connectivity index (χ1) is 9.53. The molecule has 1 atom stereocenters. The number of hydrogen-bond acceptors (Lipinski definition) is 5. The summed E-state index contributed by atoms with van der Waals surface area (Å²) in [6.45, 7) is 2.92. The molecule has 0 fully saturated rings. The fourth-order valence-electron chi connectivity index (χ4n) is 1.84. The molecule has 1 heterocycles. The topological polar surface area (TPSA) is 84.9 Å². The second kappa shape index (κ2) is 6.43. The van der Waals surface area contributed by atoms with Crippen molar-refractivity contribution in [2.75, 3.05) is 19.8 Å². The monoisotopic (exact) mass is 301 g/mol. The van der Waals surface area contributed by atoms with Gasteiger partial charge in [0.05, 0.1) is 11.0 Å². The summed E-state index contributed by atoms with van der Waals surface area (Å²) in [6, 6.07) is 4.52. The van der Waals surface area contributed by atoms with Crippen LogP contribution in [0.3, 0.4) is 0 Å². The van der Waals surface area contributed by atoms with Gasteiger partial charge in [0.1, 0.15) is 13.2 Å². The van der Waals surface area contributed by atoms with Crippen molar-refractivity contribution in [3.63, 3.8) is 0 Å². The number of aliphatic hydroxyl groups is 1. The zero-order chi connectivity index (χ0) is 14.6. The van der Waals surface area contributed by atoms with Crippen molar-refractivity contribution in [2.45, 2.75) is 30.8 Å². The Morgan fingerprint density at radius 2 is 2.00 bits per heavy atom. The van der Waals surface area contributed by atoms with Gasteiger partial charge in [-0.15, -0.1) is 0 Å². The molecule has 0 aliphatic carbocycles. The average Bonchev–Trinajstić information content (AvgIpc) is 2.46. The van der Waals surface area contributed by atoms with Crippen LogP contribution in [0.1, 0.15) is 19.8 Å². The molecule has 0 bridgehead atoms. The molecule has 2 rings (SSSR count). The van der Waals surface area contributed by atoms with Crippen molar-refractivity contribution in [2.24, 2.45) is 0 Å². The van der Waals surface area contributed by atoms with Crippen LogP contribution in [-0.4, -0.2) is 39.4 Å². The van der Waals surface area contributed by atoms with Crippen molar-refractivity contribution >= 4 is 10.0 Å². The molecule has 0 radical (unpaired) electrons. The van der Waals surface area contributed by atoms with Gasteiger partial charge in [0, 0.05) is 12.6 Å². The van der Waals surface area contributed by atoms with Crippen LogP contribution >= 0.6 is 0 Å². The summed E-state index contributed by atoms with van der Waals surface area (Å²) in [5.41, 5.74) is 0. The lowest BCUT2D eigenvalue weighted by Crippen LogP contribution is -2.27. The Kier molecular flexibility index (Phi) is 4.85. The van der Waals surface area contributed by atoms with Crippen LogP contribution in [0, 0.1) is 0 Å². The van der Waals surface area contributed by atoms with E-state index in [-0.39, 0.29) is 11.4 Å². The van der Waals surface area contributed by atoms with Gasteiger partial charge < -0.3 is 14.6 Å². The van der Waals surface area contributed by atoms with E-state index in [0.29, 0.717) is 37.6 Å². The third-order valence-electron chi connectivity index (χ3n) is 3.06. The predicted molar refractivity (Wildman–Crippen MR) is 73.5 cm³/mol. The smallest absolute Gasteiger partial charge is 0.240 e. The third kappa shape index (κ3) is 3.62. The number of ether oxygens (including phenoxy) is 2. The van der Waals surface area contributed by atoms with E-state index in [1.54, 1.807) is 6.07 Å². The lowest BCUT2D eigenvalue weighted by atomic mass is 10.2. The van der Waals surface area contributed by atoms with E-state index in [1.165, 1.54) is 12.1 Å². The average molecular weight is 301 g/mol. The molecule has 0 saturated heterocycles. The van der Waals surface area contributed by atoms with Gasteiger partial charge in [-0.1, -0.05) is 6.92 Å². The quantitative estimate of drug-likeness (QED) is 0.815. The number of benzene rings is 1. The Morgan fingerprint density at radius 1 is 1.30 bits per heavy atom. The molecule has 0 saturated carbocycles. The Balaban J connectivity index is 2.05. The Morgan fingerprint density at radius 3 is 2.70 bits per heavy atom. The minimum atomic E-state index is -3.59. The third-order valence-corrected chi connectivity index (χ3v) is 4.52. The molecule has 1 aromatic rings. The fraction of sp³-hybridized carbons (Fsp3) is 0.538. The van der Waals surface area contributed by atoms with Crippen molar-refractivity contribution in [3.8, 4) is 11.5 Å². The molecule has 112 valence electrons. The van der Waals surface area contributed by atoms with Crippen LogP contribution < -0.4 is 14.2 Å².